The molecule has 0 heterocycles. The van der Waals surface area contributed by atoms with Crippen LogP contribution in [0.2, 0.25) is 0 Å². The van der Waals surface area contributed by atoms with Crippen LogP contribution in [0.25, 0.3) is 0 Å². The van der Waals surface area contributed by atoms with E-state index in [0.717, 1.165) is 12.5 Å². The maximum atomic E-state index is 12.1. The number of carbonyl (C=O) groups excluding carboxylic acids is 1. The summed E-state index contributed by atoms with van der Waals surface area (Å²) >= 11 is 0. The summed E-state index contributed by atoms with van der Waals surface area (Å²) in [6, 6.07) is 0.424. The summed E-state index contributed by atoms with van der Waals surface area (Å²) in [5.74, 6) is 1.66. The largest absolute Gasteiger partial charge is 0.340 e. The van der Waals surface area contributed by atoms with Gasteiger partial charge in [0.1, 0.15) is 0 Å². The molecule has 1 amide bonds. The second-order valence-electron chi connectivity index (χ2n) is 5.79. The summed E-state index contributed by atoms with van der Waals surface area (Å²) in [4.78, 5) is 14.2. The highest BCUT2D eigenvalue weighted by atomic mass is 16.2. The molecule has 2 aliphatic rings. The Morgan fingerprint density at radius 3 is 2.38 bits per heavy atom. The van der Waals surface area contributed by atoms with Gasteiger partial charge in [0.25, 0.3) is 0 Å². The van der Waals surface area contributed by atoms with Crippen LogP contribution in [0.4, 0.5) is 0 Å². The van der Waals surface area contributed by atoms with Crippen LogP contribution in [-0.2, 0) is 4.79 Å². The Hall–Kier alpha value is -0.570. The van der Waals surface area contributed by atoms with Gasteiger partial charge < -0.3 is 10.6 Å². The second-order valence-corrected chi connectivity index (χ2v) is 5.79. The first-order chi connectivity index (χ1) is 7.58. The summed E-state index contributed by atoms with van der Waals surface area (Å²) in [7, 11) is 0. The van der Waals surface area contributed by atoms with Crippen molar-refractivity contribution in [2.45, 2.75) is 58.0 Å². The third-order valence-corrected chi connectivity index (χ3v) is 3.73. The van der Waals surface area contributed by atoms with E-state index in [1.807, 2.05) is 4.90 Å². The molecule has 0 aromatic rings. The molecular formula is C13H24N2O. The molecule has 1 unspecified atom stereocenters. The van der Waals surface area contributed by atoms with Gasteiger partial charge in [-0.3, -0.25) is 4.79 Å². The van der Waals surface area contributed by atoms with Crippen molar-refractivity contribution in [3.8, 4) is 0 Å². The number of nitrogens with zero attached hydrogens (tertiary/aromatic N) is 1. The number of nitrogens with two attached hydrogens (primary N) is 1. The van der Waals surface area contributed by atoms with Gasteiger partial charge in [-0.2, -0.15) is 0 Å². The molecule has 2 saturated carbocycles. The second kappa shape index (κ2) is 4.74. The highest BCUT2D eigenvalue weighted by molar-refractivity contribution is 5.77. The third-order valence-electron chi connectivity index (χ3n) is 3.73. The number of rotatable bonds is 6. The molecule has 0 aliphatic heterocycles. The lowest BCUT2D eigenvalue weighted by Crippen LogP contribution is -2.41. The summed E-state index contributed by atoms with van der Waals surface area (Å²) in [6.07, 6.45) is 5.59. The van der Waals surface area contributed by atoms with Crippen LogP contribution in [0.5, 0.6) is 0 Å². The Morgan fingerprint density at radius 1 is 1.31 bits per heavy atom. The molecule has 0 spiro atoms. The fourth-order valence-corrected chi connectivity index (χ4v) is 2.19. The van der Waals surface area contributed by atoms with Crippen molar-refractivity contribution in [2.24, 2.45) is 17.6 Å². The first kappa shape index (κ1) is 11.9. The molecule has 0 radical (unpaired) electrons. The van der Waals surface area contributed by atoms with E-state index in [1.165, 1.54) is 25.7 Å². The molecule has 2 fully saturated rings. The molecule has 0 aromatic carbocycles. The van der Waals surface area contributed by atoms with Gasteiger partial charge in [0, 0.05) is 25.0 Å². The van der Waals surface area contributed by atoms with Gasteiger partial charge in [0.05, 0.1) is 0 Å². The average molecular weight is 224 g/mol. The number of amides is 1. The van der Waals surface area contributed by atoms with Crippen molar-refractivity contribution in [3.63, 3.8) is 0 Å². The maximum absolute atomic E-state index is 12.1. The van der Waals surface area contributed by atoms with Crippen molar-refractivity contribution >= 4 is 5.91 Å². The minimum Gasteiger partial charge on any atom is -0.340 e. The van der Waals surface area contributed by atoms with E-state index in [2.05, 4.69) is 13.8 Å². The predicted molar refractivity (Wildman–Crippen MR) is 64.9 cm³/mol. The highest BCUT2D eigenvalue weighted by Crippen LogP contribution is 2.34. The Bertz CT molecular complexity index is 257. The van der Waals surface area contributed by atoms with Crippen LogP contribution in [0.3, 0.4) is 0 Å². The van der Waals surface area contributed by atoms with Gasteiger partial charge >= 0.3 is 0 Å². The summed E-state index contributed by atoms with van der Waals surface area (Å²) in [5, 5.41) is 0. The van der Waals surface area contributed by atoms with Crippen LogP contribution in [0.1, 0.15) is 46.0 Å². The van der Waals surface area contributed by atoms with E-state index in [4.69, 9.17) is 5.73 Å². The molecule has 2 aliphatic carbocycles. The summed E-state index contributed by atoms with van der Waals surface area (Å²) < 4.78 is 0. The van der Waals surface area contributed by atoms with Gasteiger partial charge in [-0.1, -0.05) is 0 Å². The van der Waals surface area contributed by atoms with E-state index in [-0.39, 0.29) is 11.9 Å². The molecule has 1 atom stereocenters. The first-order valence-electron chi connectivity index (χ1n) is 6.63. The standard InChI is InChI=1S/C13H24N2O/c1-9(2)15(8-10-3-4-10)13(16)7-12(14)11-5-6-11/h9-12H,3-8,14H2,1-2H3. The van der Waals surface area contributed by atoms with Crippen molar-refractivity contribution in [1.29, 1.82) is 0 Å². The fourth-order valence-electron chi connectivity index (χ4n) is 2.19. The number of hydrogen-bond acceptors (Lipinski definition) is 2. The molecule has 16 heavy (non-hydrogen) atoms. The van der Waals surface area contributed by atoms with Gasteiger partial charge in [-0.25, -0.2) is 0 Å². The van der Waals surface area contributed by atoms with Gasteiger partial charge in [0.15, 0.2) is 0 Å². The smallest absolute Gasteiger partial charge is 0.224 e. The minimum absolute atomic E-state index is 0.105. The quantitative estimate of drug-likeness (QED) is 0.747. The van der Waals surface area contributed by atoms with Crippen molar-refractivity contribution in [2.75, 3.05) is 6.54 Å². The van der Waals surface area contributed by atoms with Crippen LogP contribution in [0, 0.1) is 11.8 Å². The monoisotopic (exact) mass is 224 g/mol. The lowest BCUT2D eigenvalue weighted by atomic mass is 10.1. The first-order valence-corrected chi connectivity index (χ1v) is 6.63. The van der Waals surface area contributed by atoms with Crippen molar-refractivity contribution < 1.29 is 4.79 Å². The zero-order valence-corrected chi connectivity index (χ0v) is 10.5. The van der Waals surface area contributed by atoms with E-state index >= 15 is 0 Å². The zero-order valence-electron chi connectivity index (χ0n) is 10.5. The van der Waals surface area contributed by atoms with E-state index < -0.39 is 0 Å². The van der Waals surface area contributed by atoms with E-state index in [0.29, 0.717) is 18.4 Å². The minimum atomic E-state index is 0.105. The predicted octanol–water partition coefficient (Wildman–Crippen LogP) is 1.76. The molecule has 2 N–H and O–H groups in total. The highest BCUT2D eigenvalue weighted by Gasteiger charge is 2.33. The van der Waals surface area contributed by atoms with Crippen molar-refractivity contribution in [3.05, 3.63) is 0 Å². The Morgan fingerprint density at radius 2 is 1.94 bits per heavy atom. The number of hydrogen-bond donors (Lipinski definition) is 1. The van der Waals surface area contributed by atoms with Crippen LogP contribution in [-0.4, -0.2) is 29.4 Å². The molecule has 92 valence electrons. The normalized spacial score (nSPS) is 22.2. The van der Waals surface area contributed by atoms with Crippen LogP contribution >= 0.6 is 0 Å². The molecule has 2 rings (SSSR count). The molecule has 0 bridgehead atoms. The Balaban J connectivity index is 1.82. The van der Waals surface area contributed by atoms with Crippen molar-refractivity contribution in [1.82, 2.24) is 4.90 Å². The van der Waals surface area contributed by atoms with Gasteiger partial charge in [-0.05, 0) is 51.4 Å². The lowest BCUT2D eigenvalue weighted by molar-refractivity contribution is -0.133. The SMILES string of the molecule is CC(C)N(CC1CC1)C(=O)CC(N)C1CC1. The molecular weight excluding hydrogens is 200 g/mol. The third kappa shape index (κ3) is 3.21. The van der Waals surface area contributed by atoms with E-state index in [9.17, 15) is 4.79 Å². The summed E-state index contributed by atoms with van der Waals surface area (Å²) in [6.45, 7) is 5.15. The number of carbonyl (C=O) groups is 1. The van der Waals surface area contributed by atoms with Gasteiger partial charge in [-0.15, -0.1) is 0 Å². The summed E-state index contributed by atoms with van der Waals surface area (Å²) in [5.41, 5.74) is 6.02. The maximum Gasteiger partial charge on any atom is 0.224 e. The van der Waals surface area contributed by atoms with Gasteiger partial charge in [0.2, 0.25) is 5.91 Å². The van der Waals surface area contributed by atoms with Crippen LogP contribution < -0.4 is 5.73 Å². The Labute approximate surface area is 98.4 Å². The molecule has 3 nitrogen and oxygen atoms in total. The molecule has 0 saturated heterocycles. The van der Waals surface area contributed by atoms with E-state index in [1.54, 1.807) is 0 Å². The topological polar surface area (TPSA) is 46.3 Å². The molecule has 3 heteroatoms. The zero-order chi connectivity index (χ0) is 11.7. The Kier molecular flexibility index (Phi) is 3.53. The fraction of sp³-hybridized carbons (Fsp3) is 0.923. The van der Waals surface area contributed by atoms with Crippen LogP contribution in [0.15, 0.2) is 0 Å². The molecule has 0 aromatic heterocycles. The average Bonchev–Trinajstić information content (AvgIpc) is 3.04. The lowest BCUT2D eigenvalue weighted by Gasteiger charge is -2.28.